The lowest BCUT2D eigenvalue weighted by Crippen LogP contribution is -2.10. The van der Waals surface area contributed by atoms with Crippen molar-refractivity contribution >= 4 is 60.9 Å². The van der Waals surface area contributed by atoms with Crippen molar-refractivity contribution in [2.24, 2.45) is 0 Å². The van der Waals surface area contributed by atoms with Gasteiger partial charge in [-0.25, -0.2) is 0 Å². The molecule has 0 fully saturated rings. The van der Waals surface area contributed by atoms with Gasteiger partial charge in [-0.2, -0.15) is 0 Å². The molecular formula is C48H31NO2. The molecule has 0 saturated carbocycles. The molecule has 0 unspecified atom stereocenters. The summed E-state index contributed by atoms with van der Waals surface area (Å²) < 4.78 is 13.3. The number of nitrogens with zero attached hydrogens (tertiary/aromatic N) is 1. The second-order valence-corrected chi connectivity index (χ2v) is 12.9. The maximum Gasteiger partial charge on any atom is 0.159 e. The summed E-state index contributed by atoms with van der Waals surface area (Å²) in [4.78, 5) is 2.31. The highest BCUT2D eigenvalue weighted by molar-refractivity contribution is 6.27. The highest BCUT2D eigenvalue weighted by Gasteiger charge is 2.23. The van der Waals surface area contributed by atoms with Crippen LogP contribution in [0, 0.1) is 0 Å². The van der Waals surface area contributed by atoms with Crippen LogP contribution < -0.4 is 4.90 Å². The van der Waals surface area contributed by atoms with Crippen molar-refractivity contribution in [3.63, 3.8) is 0 Å². The normalized spacial score (nSPS) is 11.5. The van der Waals surface area contributed by atoms with Crippen LogP contribution in [0.2, 0.25) is 0 Å². The Morgan fingerprint density at radius 1 is 0.314 bits per heavy atom. The van der Waals surface area contributed by atoms with Gasteiger partial charge in [-0.1, -0.05) is 133 Å². The SMILES string of the molecule is c1ccc(-c2ccc(-c3cc(N(c4ccccc4)c4ccc(-c5ccccc5)cc4)c4oc5ccc6oc7ccccc7c6c5c4c3)cc2)cc1. The van der Waals surface area contributed by atoms with Crippen molar-refractivity contribution in [1.82, 2.24) is 0 Å². The molecule has 0 spiro atoms. The largest absolute Gasteiger partial charge is 0.456 e. The minimum Gasteiger partial charge on any atom is -0.456 e. The van der Waals surface area contributed by atoms with Crippen LogP contribution in [0.4, 0.5) is 17.1 Å². The second-order valence-electron chi connectivity index (χ2n) is 12.9. The van der Waals surface area contributed by atoms with Crippen LogP contribution in [0.15, 0.2) is 197 Å². The Balaban J connectivity index is 1.24. The number of rotatable bonds is 6. The average Bonchev–Trinajstić information content (AvgIpc) is 3.78. The molecule has 51 heavy (non-hydrogen) atoms. The molecule has 0 aliphatic heterocycles. The third kappa shape index (κ3) is 4.98. The molecule has 0 radical (unpaired) electrons. The van der Waals surface area contributed by atoms with E-state index in [0.29, 0.717) is 0 Å². The fourth-order valence-electron chi connectivity index (χ4n) is 7.42. The topological polar surface area (TPSA) is 29.5 Å². The quantitative estimate of drug-likeness (QED) is 0.179. The molecule has 2 aromatic heterocycles. The molecule has 0 aliphatic carbocycles. The number of benzene rings is 8. The van der Waals surface area contributed by atoms with Gasteiger partial charge in [-0.15, -0.1) is 0 Å². The summed E-state index contributed by atoms with van der Waals surface area (Å²) in [7, 11) is 0. The van der Waals surface area contributed by atoms with Gasteiger partial charge in [0.1, 0.15) is 16.7 Å². The van der Waals surface area contributed by atoms with E-state index in [-0.39, 0.29) is 0 Å². The van der Waals surface area contributed by atoms with Crippen molar-refractivity contribution in [3.05, 3.63) is 188 Å². The van der Waals surface area contributed by atoms with E-state index in [4.69, 9.17) is 8.83 Å². The summed E-state index contributed by atoms with van der Waals surface area (Å²) >= 11 is 0. The molecule has 3 nitrogen and oxygen atoms in total. The van der Waals surface area contributed by atoms with Crippen molar-refractivity contribution < 1.29 is 8.83 Å². The summed E-state index contributed by atoms with van der Waals surface area (Å²) in [6, 6.07) is 66.1. The maximum absolute atomic E-state index is 6.91. The molecule has 2 heterocycles. The van der Waals surface area contributed by atoms with Gasteiger partial charge < -0.3 is 13.7 Å². The van der Waals surface area contributed by atoms with Crippen LogP contribution in [0.3, 0.4) is 0 Å². The lowest BCUT2D eigenvalue weighted by molar-refractivity contribution is 0.663. The third-order valence-corrected chi connectivity index (χ3v) is 9.87. The van der Waals surface area contributed by atoms with Crippen LogP contribution in [0.5, 0.6) is 0 Å². The summed E-state index contributed by atoms with van der Waals surface area (Å²) in [5.74, 6) is 0. The molecule has 0 bridgehead atoms. The predicted octanol–water partition coefficient (Wildman–Crippen LogP) is 14.0. The van der Waals surface area contributed by atoms with Gasteiger partial charge in [0.2, 0.25) is 0 Å². The standard InChI is InChI=1S/C48H31NO2/c1-4-12-32(13-5-1)34-20-22-36(23-21-34)37-30-41-47-45(29-28-44-46(47)40-18-10-11-19-43(40)50-44)51-48(41)42(31-37)49(38-16-8-3-9-17-38)39-26-24-35(25-27-39)33-14-6-2-7-15-33/h1-31H. The summed E-state index contributed by atoms with van der Waals surface area (Å²) in [5.41, 5.74) is 13.4. The average molecular weight is 654 g/mol. The van der Waals surface area contributed by atoms with Crippen LogP contribution in [0.1, 0.15) is 0 Å². The monoisotopic (exact) mass is 653 g/mol. The van der Waals surface area contributed by atoms with E-state index in [1.807, 2.05) is 24.3 Å². The van der Waals surface area contributed by atoms with E-state index in [0.717, 1.165) is 72.1 Å². The first-order valence-electron chi connectivity index (χ1n) is 17.3. The van der Waals surface area contributed by atoms with Crippen LogP contribution in [0.25, 0.3) is 77.3 Å². The van der Waals surface area contributed by atoms with Gasteiger partial charge in [0.25, 0.3) is 0 Å². The number of fused-ring (bicyclic) bond motifs is 7. The molecule has 0 N–H and O–H groups in total. The van der Waals surface area contributed by atoms with Gasteiger partial charge in [-0.05, 0) is 88.0 Å². The first-order valence-corrected chi connectivity index (χ1v) is 17.3. The van der Waals surface area contributed by atoms with Crippen molar-refractivity contribution in [3.8, 4) is 33.4 Å². The van der Waals surface area contributed by atoms with Crippen molar-refractivity contribution in [2.45, 2.75) is 0 Å². The van der Waals surface area contributed by atoms with Crippen molar-refractivity contribution in [1.29, 1.82) is 0 Å². The summed E-state index contributed by atoms with van der Waals surface area (Å²) in [6.07, 6.45) is 0. The maximum atomic E-state index is 6.91. The lowest BCUT2D eigenvalue weighted by atomic mass is 9.97. The fraction of sp³-hybridized carbons (Fsp3) is 0. The zero-order valence-corrected chi connectivity index (χ0v) is 27.7. The molecule has 0 saturated heterocycles. The summed E-state index contributed by atoms with van der Waals surface area (Å²) in [6.45, 7) is 0. The highest BCUT2D eigenvalue weighted by Crippen LogP contribution is 2.47. The number of anilines is 3. The number of hydrogen-bond donors (Lipinski definition) is 0. The van der Waals surface area contributed by atoms with Gasteiger partial charge in [0.15, 0.2) is 5.58 Å². The van der Waals surface area contributed by atoms with E-state index in [2.05, 4.69) is 169 Å². The first kappa shape index (κ1) is 29.1. The molecule has 0 amide bonds. The Bertz CT molecular complexity index is 2820. The zero-order valence-electron chi connectivity index (χ0n) is 27.7. The Morgan fingerprint density at radius 2 is 0.784 bits per heavy atom. The van der Waals surface area contributed by atoms with Crippen LogP contribution >= 0.6 is 0 Å². The van der Waals surface area contributed by atoms with E-state index in [9.17, 15) is 0 Å². The number of furan rings is 2. The minimum absolute atomic E-state index is 0.823. The molecular weight excluding hydrogens is 623 g/mol. The Hall–Kier alpha value is -6.84. The van der Waals surface area contributed by atoms with E-state index in [1.54, 1.807) is 0 Å². The lowest BCUT2D eigenvalue weighted by Gasteiger charge is -2.26. The molecule has 3 heteroatoms. The van der Waals surface area contributed by atoms with E-state index >= 15 is 0 Å². The third-order valence-electron chi connectivity index (χ3n) is 9.87. The smallest absolute Gasteiger partial charge is 0.159 e. The molecule has 240 valence electrons. The second kappa shape index (κ2) is 11.9. The van der Waals surface area contributed by atoms with E-state index in [1.165, 1.54) is 22.3 Å². The predicted molar refractivity (Wildman–Crippen MR) is 212 cm³/mol. The fourth-order valence-corrected chi connectivity index (χ4v) is 7.42. The number of para-hydroxylation sites is 2. The van der Waals surface area contributed by atoms with Gasteiger partial charge >= 0.3 is 0 Å². The van der Waals surface area contributed by atoms with Gasteiger partial charge in [-0.3, -0.25) is 0 Å². The minimum atomic E-state index is 0.823. The van der Waals surface area contributed by atoms with Crippen LogP contribution in [-0.2, 0) is 0 Å². The van der Waals surface area contributed by atoms with Gasteiger partial charge in [0.05, 0.1) is 5.69 Å². The zero-order chi connectivity index (χ0) is 33.7. The van der Waals surface area contributed by atoms with E-state index < -0.39 is 0 Å². The Kier molecular flexibility index (Phi) is 6.81. The first-order chi connectivity index (χ1) is 25.3. The molecule has 8 aromatic carbocycles. The highest BCUT2D eigenvalue weighted by atomic mass is 16.3. The Labute approximate surface area is 295 Å². The molecule has 10 rings (SSSR count). The molecule has 10 aromatic rings. The Morgan fingerprint density at radius 3 is 1.43 bits per heavy atom. The number of hydrogen-bond acceptors (Lipinski definition) is 3. The van der Waals surface area contributed by atoms with Crippen LogP contribution in [-0.4, -0.2) is 0 Å². The van der Waals surface area contributed by atoms with Gasteiger partial charge in [0, 0.05) is 32.9 Å². The van der Waals surface area contributed by atoms with Crippen molar-refractivity contribution in [2.75, 3.05) is 4.90 Å². The summed E-state index contributed by atoms with van der Waals surface area (Å²) in [5, 5.41) is 4.26. The molecule has 0 aliphatic rings. The molecule has 0 atom stereocenters.